The molecule has 0 fully saturated rings. The Labute approximate surface area is 322 Å². The van der Waals surface area contributed by atoms with Crippen LogP contribution in [-0.2, 0) is 0 Å². The Morgan fingerprint density at radius 3 is 1.73 bits per heavy atom. The van der Waals surface area contributed by atoms with E-state index in [1.165, 1.54) is 16.7 Å². The van der Waals surface area contributed by atoms with Crippen LogP contribution in [0.1, 0.15) is 22.9 Å². The summed E-state index contributed by atoms with van der Waals surface area (Å²) in [6, 6.07) is 65.2. The molecule has 0 bridgehead atoms. The van der Waals surface area contributed by atoms with Crippen LogP contribution in [0.25, 0.3) is 77.3 Å². The maximum atomic E-state index is 6.43. The van der Waals surface area contributed by atoms with Gasteiger partial charge in [-0.15, -0.1) is 0 Å². The number of hydrogen-bond donors (Lipinski definition) is 1. The van der Waals surface area contributed by atoms with Gasteiger partial charge in [0.15, 0.2) is 5.84 Å². The number of para-hydroxylation sites is 1. The molecule has 0 spiro atoms. The first-order chi connectivity index (χ1) is 27.7. The van der Waals surface area contributed by atoms with Crippen molar-refractivity contribution in [2.24, 2.45) is 9.98 Å². The Balaban J connectivity index is 0.987. The van der Waals surface area contributed by atoms with Crippen molar-refractivity contribution in [3.63, 3.8) is 0 Å². The molecule has 0 amide bonds. The van der Waals surface area contributed by atoms with E-state index in [1.807, 2.05) is 48.5 Å². The molecule has 264 valence electrons. The topological polar surface area (TPSA) is 63.0 Å². The van der Waals surface area contributed by atoms with Crippen molar-refractivity contribution in [3.05, 3.63) is 205 Å². The van der Waals surface area contributed by atoms with Crippen LogP contribution >= 0.6 is 0 Å². The molecule has 0 aliphatic carbocycles. The molecule has 56 heavy (non-hydrogen) atoms. The average molecular weight is 720 g/mol. The molecule has 0 radical (unpaired) electrons. The van der Waals surface area contributed by atoms with Crippen molar-refractivity contribution in [2.75, 3.05) is 0 Å². The third-order valence-corrected chi connectivity index (χ3v) is 10.8. The van der Waals surface area contributed by atoms with Gasteiger partial charge in [0, 0.05) is 32.7 Å². The fourth-order valence-electron chi connectivity index (χ4n) is 8.05. The summed E-state index contributed by atoms with van der Waals surface area (Å²) in [5, 5.41) is 7.89. The standard InChI is InChI=1S/C51H33N3O2/c1-3-12-32(13-4-1)36-16-9-17-37(30-36)38-28-29-44-42(31-38)47-39(19-10-22-45(47)56-44)33-24-26-35(27-25-33)50-52-49(34-14-5-2-6-15-34)53-51(54-50)41-20-11-23-46-48(41)40-18-7-8-21-43(40)55-46/h1-31,49H,(H,52,53,54). The molecule has 5 nitrogen and oxygen atoms in total. The zero-order valence-corrected chi connectivity index (χ0v) is 30.2. The fourth-order valence-corrected chi connectivity index (χ4v) is 8.05. The summed E-state index contributed by atoms with van der Waals surface area (Å²) in [4.78, 5) is 10.4. The smallest absolute Gasteiger partial charge is 0.160 e. The Kier molecular flexibility index (Phi) is 7.49. The first-order valence-electron chi connectivity index (χ1n) is 18.8. The first-order valence-corrected chi connectivity index (χ1v) is 18.8. The lowest BCUT2D eigenvalue weighted by Gasteiger charge is -2.24. The summed E-state index contributed by atoms with van der Waals surface area (Å²) >= 11 is 0. The van der Waals surface area contributed by atoms with E-state index in [-0.39, 0.29) is 6.17 Å². The maximum Gasteiger partial charge on any atom is 0.160 e. The van der Waals surface area contributed by atoms with Crippen LogP contribution < -0.4 is 5.32 Å². The zero-order valence-electron chi connectivity index (χ0n) is 30.2. The van der Waals surface area contributed by atoms with Crippen molar-refractivity contribution >= 4 is 55.5 Å². The number of benzene rings is 8. The Morgan fingerprint density at radius 2 is 0.946 bits per heavy atom. The van der Waals surface area contributed by atoms with Crippen molar-refractivity contribution in [1.29, 1.82) is 0 Å². The number of amidine groups is 2. The molecule has 1 N–H and O–H groups in total. The Morgan fingerprint density at radius 1 is 0.393 bits per heavy atom. The molecule has 8 aromatic carbocycles. The number of hydrogen-bond acceptors (Lipinski definition) is 5. The van der Waals surface area contributed by atoms with Gasteiger partial charge in [-0.2, -0.15) is 0 Å². The second-order valence-corrected chi connectivity index (χ2v) is 14.2. The fraction of sp³-hybridized carbons (Fsp3) is 0.0196. The molecule has 3 heterocycles. The lowest BCUT2D eigenvalue weighted by Crippen LogP contribution is -2.33. The molecule has 0 saturated carbocycles. The monoisotopic (exact) mass is 719 g/mol. The number of fused-ring (bicyclic) bond motifs is 6. The van der Waals surface area contributed by atoms with E-state index in [1.54, 1.807) is 0 Å². The van der Waals surface area contributed by atoms with E-state index in [9.17, 15) is 0 Å². The highest BCUT2D eigenvalue weighted by Crippen LogP contribution is 2.39. The summed E-state index contributed by atoms with van der Waals surface area (Å²) < 4.78 is 12.7. The highest BCUT2D eigenvalue weighted by Gasteiger charge is 2.24. The number of aliphatic imine (C=N–C) groups is 2. The van der Waals surface area contributed by atoms with Crippen LogP contribution in [0.2, 0.25) is 0 Å². The minimum atomic E-state index is -0.319. The van der Waals surface area contributed by atoms with Gasteiger partial charge >= 0.3 is 0 Å². The number of nitrogens with one attached hydrogen (secondary N) is 1. The molecular weight excluding hydrogens is 687 g/mol. The van der Waals surface area contributed by atoms with Gasteiger partial charge in [-0.3, -0.25) is 0 Å². The van der Waals surface area contributed by atoms with E-state index in [0.717, 1.165) is 83.1 Å². The summed E-state index contributed by atoms with van der Waals surface area (Å²) in [6.07, 6.45) is -0.319. The Bertz CT molecular complexity index is 3160. The highest BCUT2D eigenvalue weighted by atomic mass is 16.3. The van der Waals surface area contributed by atoms with Crippen LogP contribution in [0, 0.1) is 0 Å². The van der Waals surface area contributed by atoms with Crippen molar-refractivity contribution in [3.8, 4) is 33.4 Å². The van der Waals surface area contributed by atoms with E-state index < -0.39 is 0 Å². The maximum absolute atomic E-state index is 6.43. The highest BCUT2D eigenvalue weighted by molar-refractivity contribution is 6.22. The predicted octanol–water partition coefficient (Wildman–Crippen LogP) is 13.0. The van der Waals surface area contributed by atoms with Crippen molar-refractivity contribution in [1.82, 2.24) is 5.32 Å². The lowest BCUT2D eigenvalue weighted by atomic mass is 9.95. The second-order valence-electron chi connectivity index (χ2n) is 14.2. The minimum Gasteiger partial charge on any atom is -0.456 e. The van der Waals surface area contributed by atoms with Crippen LogP contribution in [-0.4, -0.2) is 11.7 Å². The quantitative estimate of drug-likeness (QED) is 0.186. The van der Waals surface area contributed by atoms with Crippen LogP contribution in [0.15, 0.2) is 207 Å². The molecule has 1 aliphatic rings. The number of rotatable bonds is 6. The van der Waals surface area contributed by atoms with Crippen molar-refractivity contribution < 1.29 is 8.83 Å². The van der Waals surface area contributed by atoms with E-state index in [2.05, 4.69) is 145 Å². The molecule has 2 aromatic heterocycles. The zero-order chi connectivity index (χ0) is 37.0. The van der Waals surface area contributed by atoms with Gasteiger partial charge in [0.1, 0.15) is 34.3 Å². The number of furan rings is 2. The molecule has 1 atom stereocenters. The summed E-state index contributed by atoms with van der Waals surface area (Å²) in [5.74, 6) is 1.42. The molecule has 10 aromatic rings. The molecule has 1 unspecified atom stereocenters. The molecule has 11 rings (SSSR count). The van der Waals surface area contributed by atoms with Gasteiger partial charge in [0.2, 0.25) is 0 Å². The third kappa shape index (κ3) is 5.48. The lowest BCUT2D eigenvalue weighted by molar-refractivity contribution is 0.668. The SMILES string of the molecule is c1ccc(-c2cccc(-c3ccc4oc5cccc(-c6ccc(C7=NC(c8cccc9oc%10ccccc%10c89)=NC(c8ccccc8)N7)cc6)c5c4c3)c2)cc1. The minimum absolute atomic E-state index is 0.319. The van der Waals surface area contributed by atoms with Gasteiger partial charge in [-0.25, -0.2) is 9.98 Å². The van der Waals surface area contributed by atoms with E-state index >= 15 is 0 Å². The summed E-state index contributed by atoms with van der Waals surface area (Å²) in [5.41, 5.74) is 13.3. The molecule has 5 heteroatoms. The third-order valence-electron chi connectivity index (χ3n) is 10.8. The van der Waals surface area contributed by atoms with Crippen LogP contribution in [0.5, 0.6) is 0 Å². The summed E-state index contributed by atoms with van der Waals surface area (Å²) in [7, 11) is 0. The number of nitrogens with zero attached hydrogens (tertiary/aromatic N) is 2. The predicted molar refractivity (Wildman–Crippen MR) is 229 cm³/mol. The Hall–Kier alpha value is -7.50. The van der Waals surface area contributed by atoms with E-state index in [0.29, 0.717) is 5.84 Å². The molecular formula is C51H33N3O2. The van der Waals surface area contributed by atoms with Crippen molar-refractivity contribution in [2.45, 2.75) is 6.17 Å². The van der Waals surface area contributed by atoms with Gasteiger partial charge in [0.05, 0.1) is 0 Å². The molecule has 1 aliphatic heterocycles. The molecule has 0 saturated heterocycles. The van der Waals surface area contributed by atoms with E-state index in [4.69, 9.17) is 18.8 Å². The van der Waals surface area contributed by atoms with Gasteiger partial charge in [-0.05, 0) is 75.3 Å². The van der Waals surface area contributed by atoms with Crippen LogP contribution in [0.3, 0.4) is 0 Å². The normalized spacial score (nSPS) is 14.2. The summed E-state index contributed by atoms with van der Waals surface area (Å²) in [6.45, 7) is 0. The first kappa shape index (κ1) is 32.0. The van der Waals surface area contributed by atoms with Gasteiger partial charge in [0.25, 0.3) is 0 Å². The van der Waals surface area contributed by atoms with Gasteiger partial charge < -0.3 is 14.2 Å². The van der Waals surface area contributed by atoms with Gasteiger partial charge in [-0.1, -0.05) is 152 Å². The van der Waals surface area contributed by atoms with Crippen LogP contribution in [0.4, 0.5) is 0 Å². The average Bonchev–Trinajstić information content (AvgIpc) is 3.85. The second kappa shape index (κ2) is 13.1. The largest absolute Gasteiger partial charge is 0.456 e.